The highest BCUT2D eigenvalue weighted by atomic mass is 19.1. The highest BCUT2D eigenvalue weighted by Gasteiger charge is 2.18. The van der Waals surface area contributed by atoms with Gasteiger partial charge in [0.15, 0.2) is 6.29 Å². The number of rotatable bonds is 4. The van der Waals surface area contributed by atoms with E-state index in [1.807, 2.05) is 0 Å². The fourth-order valence-electron chi connectivity index (χ4n) is 2.60. The fourth-order valence-corrected chi connectivity index (χ4v) is 2.60. The van der Waals surface area contributed by atoms with Crippen LogP contribution in [0.5, 0.6) is 0 Å². The number of benzene rings is 1. The molecule has 1 amide bonds. The van der Waals surface area contributed by atoms with E-state index >= 15 is 0 Å². The van der Waals surface area contributed by atoms with Gasteiger partial charge in [-0.15, -0.1) is 0 Å². The number of halogens is 2. The number of aromatic amines is 1. The lowest BCUT2D eigenvalue weighted by molar-refractivity contribution is 0.101. The molecule has 3 rings (SSSR count). The number of aromatic nitrogens is 2. The van der Waals surface area contributed by atoms with Crippen molar-refractivity contribution in [3.63, 3.8) is 0 Å². The lowest BCUT2D eigenvalue weighted by atomic mass is 10.2. The van der Waals surface area contributed by atoms with Crippen LogP contribution in [0.1, 0.15) is 46.5 Å². The summed E-state index contributed by atoms with van der Waals surface area (Å²) in [6.45, 7) is 0. The maximum absolute atomic E-state index is 13.3. The van der Waals surface area contributed by atoms with Gasteiger partial charge in [0.05, 0.1) is 11.9 Å². The highest BCUT2D eigenvalue weighted by Crippen LogP contribution is 2.17. The van der Waals surface area contributed by atoms with Crippen LogP contribution in [0.2, 0.25) is 0 Å². The molecule has 0 spiro atoms. The van der Waals surface area contributed by atoms with E-state index in [4.69, 9.17) is 0 Å². The van der Waals surface area contributed by atoms with Gasteiger partial charge in [-0.3, -0.25) is 14.7 Å². The van der Waals surface area contributed by atoms with Gasteiger partial charge in [-0.1, -0.05) is 18.9 Å². The summed E-state index contributed by atoms with van der Waals surface area (Å²) < 4.78 is 26.6. The Bertz CT molecular complexity index is 707. The molecule has 0 atom stereocenters. The Kier molecular flexibility index (Phi) is 6.76. The van der Waals surface area contributed by atoms with Gasteiger partial charge in [-0.2, -0.15) is 5.10 Å². The minimum absolute atomic E-state index is 0.0140. The molecule has 134 valence electrons. The number of aldehydes is 1. The van der Waals surface area contributed by atoms with Crippen LogP contribution < -0.4 is 10.6 Å². The Morgan fingerprint density at radius 3 is 2.44 bits per heavy atom. The van der Waals surface area contributed by atoms with Crippen molar-refractivity contribution in [1.29, 1.82) is 0 Å². The molecule has 2 aromatic rings. The number of hydrogen-bond donors (Lipinski definition) is 3. The first-order valence-corrected chi connectivity index (χ1v) is 7.98. The lowest BCUT2D eigenvalue weighted by Crippen LogP contribution is -2.20. The van der Waals surface area contributed by atoms with E-state index in [1.54, 1.807) is 0 Å². The van der Waals surface area contributed by atoms with E-state index in [2.05, 4.69) is 27.9 Å². The summed E-state index contributed by atoms with van der Waals surface area (Å²) in [5, 5.41) is 11.3. The summed E-state index contributed by atoms with van der Waals surface area (Å²) >= 11 is 0. The first-order valence-electron chi connectivity index (χ1n) is 7.98. The second kappa shape index (κ2) is 9.03. The summed E-state index contributed by atoms with van der Waals surface area (Å²) in [6, 6.07) is 3.93. The highest BCUT2D eigenvalue weighted by molar-refractivity contribution is 6.06. The second-order valence-electron chi connectivity index (χ2n) is 5.64. The maximum Gasteiger partial charge on any atom is 0.261 e. The zero-order chi connectivity index (χ0) is 18.2. The van der Waals surface area contributed by atoms with Crippen molar-refractivity contribution in [2.45, 2.75) is 31.7 Å². The number of amides is 1. The first-order chi connectivity index (χ1) is 12.1. The molecule has 0 radical (unpaired) electrons. The summed E-state index contributed by atoms with van der Waals surface area (Å²) in [5.41, 5.74) is -0.645. The van der Waals surface area contributed by atoms with E-state index in [-0.39, 0.29) is 11.4 Å². The van der Waals surface area contributed by atoms with E-state index in [9.17, 15) is 18.4 Å². The van der Waals surface area contributed by atoms with Crippen molar-refractivity contribution >= 4 is 17.9 Å². The minimum Gasteiger partial charge on any atom is -0.318 e. The van der Waals surface area contributed by atoms with Gasteiger partial charge in [0.25, 0.3) is 5.91 Å². The van der Waals surface area contributed by atoms with Gasteiger partial charge in [0, 0.05) is 6.04 Å². The molecule has 6 nitrogen and oxygen atoms in total. The Morgan fingerprint density at radius 2 is 1.92 bits per heavy atom. The van der Waals surface area contributed by atoms with E-state index < -0.39 is 23.1 Å². The third kappa shape index (κ3) is 4.93. The van der Waals surface area contributed by atoms with Crippen molar-refractivity contribution in [3.05, 3.63) is 47.3 Å². The maximum atomic E-state index is 13.3. The Hall–Kier alpha value is -2.61. The molecule has 0 aliphatic heterocycles. The van der Waals surface area contributed by atoms with E-state index in [0.29, 0.717) is 6.29 Å². The summed E-state index contributed by atoms with van der Waals surface area (Å²) in [5.74, 6) is -2.96. The minimum atomic E-state index is -0.991. The topological polar surface area (TPSA) is 86.9 Å². The summed E-state index contributed by atoms with van der Waals surface area (Å²) in [4.78, 5) is 22.2. The quantitative estimate of drug-likeness (QED) is 0.740. The predicted octanol–water partition coefficient (Wildman–Crippen LogP) is 2.90. The van der Waals surface area contributed by atoms with Gasteiger partial charge in [0.2, 0.25) is 0 Å². The predicted molar refractivity (Wildman–Crippen MR) is 89.6 cm³/mol. The first kappa shape index (κ1) is 18.7. The molecule has 1 aliphatic carbocycles. The van der Waals surface area contributed by atoms with Crippen LogP contribution in [0.15, 0.2) is 24.4 Å². The fraction of sp³-hybridized carbons (Fsp3) is 0.353. The number of carbonyl (C=O) groups is 2. The van der Waals surface area contributed by atoms with Gasteiger partial charge < -0.3 is 10.6 Å². The van der Waals surface area contributed by atoms with Crippen LogP contribution in [0, 0.1) is 11.6 Å². The number of hydrogen-bond acceptors (Lipinski definition) is 4. The Labute approximate surface area is 144 Å². The van der Waals surface area contributed by atoms with Gasteiger partial charge in [-0.25, -0.2) is 8.78 Å². The van der Waals surface area contributed by atoms with Crippen molar-refractivity contribution < 1.29 is 18.4 Å². The molecule has 1 aromatic heterocycles. The molecule has 0 bridgehead atoms. The smallest absolute Gasteiger partial charge is 0.261 e. The number of carbonyl (C=O) groups excluding carboxylic acids is 2. The van der Waals surface area contributed by atoms with Crippen molar-refractivity contribution in [2.24, 2.45) is 0 Å². The number of nitrogens with one attached hydrogen (secondary N) is 3. The monoisotopic (exact) mass is 350 g/mol. The molecule has 3 N–H and O–H groups in total. The van der Waals surface area contributed by atoms with Gasteiger partial charge in [0.1, 0.15) is 22.9 Å². The number of nitrogens with zero attached hydrogens (tertiary/aromatic N) is 1. The van der Waals surface area contributed by atoms with Crippen LogP contribution in [-0.4, -0.2) is 35.5 Å². The van der Waals surface area contributed by atoms with E-state index in [0.717, 1.165) is 24.2 Å². The van der Waals surface area contributed by atoms with Gasteiger partial charge in [-0.05, 0) is 32.0 Å². The zero-order valence-corrected chi connectivity index (χ0v) is 13.8. The standard InChI is InChI=1S/C11H7F2N3O2.C6H13N/c12-6-2-1-3-7(13)10(6)11(18)15-8-4-14-16-9(8)5-17;1-7-6-4-2-3-5-6/h1-5H,(H,14,16)(H,15,18);6-7H,2-5H2,1H3. The number of anilines is 1. The van der Waals surface area contributed by atoms with E-state index in [1.165, 1.54) is 31.9 Å². The van der Waals surface area contributed by atoms with Crippen LogP contribution >= 0.6 is 0 Å². The number of H-pyrrole nitrogens is 1. The van der Waals surface area contributed by atoms with Crippen molar-refractivity contribution in [1.82, 2.24) is 15.5 Å². The second-order valence-corrected chi connectivity index (χ2v) is 5.64. The van der Waals surface area contributed by atoms with Crippen LogP contribution in [0.4, 0.5) is 14.5 Å². The third-order valence-electron chi connectivity index (χ3n) is 3.99. The Balaban J connectivity index is 0.000000269. The molecule has 25 heavy (non-hydrogen) atoms. The third-order valence-corrected chi connectivity index (χ3v) is 3.99. The molecule has 1 aromatic carbocycles. The zero-order valence-electron chi connectivity index (χ0n) is 13.8. The normalized spacial score (nSPS) is 13.9. The van der Waals surface area contributed by atoms with Gasteiger partial charge >= 0.3 is 0 Å². The molecule has 0 saturated heterocycles. The SMILES string of the molecule is CNC1CCCC1.O=Cc1[nH]ncc1NC(=O)c1c(F)cccc1F. The van der Waals surface area contributed by atoms with Crippen LogP contribution in [0.25, 0.3) is 0 Å². The van der Waals surface area contributed by atoms with Crippen molar-refractivity contribution in [2.75, 3.05) is 12.4 Å². The molecule has 0 unspecified atom stereocenters. The van der Waals surface area contributed by atoms with Crippen LogP contribution in [0.3, 0.4) is 0 Å². The molecular weight excluding hydrogens is 330 g/mol. The average Bonchev–Trinajstić information content (AvgIpc) is 3.26. The molecule has 1 heterocycles. The molecule has 1 fully saturated rings. The molecule has 8 heteroatoms. The summed E-state index contributed by atoms with van der Waals surface area (Å²) in [6.07, 6.45) is 7.27. The molecular formula is C17H20F2N4O2. The average molecular weight is 350 g/mol. The largest absolute Gasteiger partial charge is 0.318 e. The summed E-state index contributed by atoms with van der Waals surface area (Å²) in [7, 11) is 2.05. The van der Waals surface area contributed by atoms with Crippen molar-refractivity contribution in [3.8, 4) is 0 Å². The molecule has 1 saturated carbocycles. The van der Waals surface area contributed by atoms with Crippen LogP contribution in [-0.2, 0) is 0 Å². The lowest BCUT2D eigenvalue weighted by Gasteiger charge is -2.05. The molecule has 1 aliphatic rings. The Morgan fingerprint density at radius 1 is 1.28 bits per heavy atom.